The molecule has 0 aliphatic carbocycles. The Hall–Kier alpha value is -3.60. The Bertz CT molecular complexity index is 1300. The number of amides is 1. The number of fused-ring (bicyclic) bond motifs is 1. The number of aromatic nitrogens is 6. The van der Waals surface area contributed by atoms with Crippen molar-refractivity contribution in [1.29, 1.82) is 0 Å². The maximum absolute atomic E-state index is 12.4. The molecule has 4 aromatic rings. The minimum atomic E-state index is -0.509. The largest absolute Gasteiger partial charge is 0.332 e. The van der Waals surface area contributed by atoms with Crippen molar-refractivity contribution in [3.63, 3.8) is 0 Å². The predicted octanol–water partition coefficient (Wildman–Crippen LogP) is 0.591. The number of carbonyl (C=O) groups is 1. The molecule has 0 aliphatic heterocycles. The van der Waals surface area contributed by atoms with Gasteiger partial charge in [-0.15, -0.1) is 0 Å². The van der Waals surface area contributed by atoms with Gasteiger partial charge in [0.05, 0.1) is 6.33 Å². The molecule has 1 N–H and O–H groups in total. The van der Waals surface area contributed by atoms with Crippen LogP contribution in [0.2, 0.25) is 0 Å². The fourth-order valence-corrected chi connectivity index (χ4v) is 3.42. The molecule has 3 heterocycles. The third kappa shape index (κ3) is 3.01. The molecule has 0 bridgehead atoms. The minimum absolute atomic E-state index is 0.149. The van der Waals surface area contributed by atoms with Crippen molar-refractivity contribution >= 4 is 33.7 Å². The highest BCUT2D eigenvalue weighted by atomic mass is 32.1. The van der Waals surface area contributed by atoms with Gasteiger partial charge in [-0.1, -0.05) is 30.3 Å². The van der Waals surface area contributed by atoms with Crippen LogP contribution in [0, 0.1) is 0 Å². The topological polar surface area (TPSA) is 117 Å². The number of imidazole rings is 1. The Morgan fingerprint density at radius 3 is 2.64 bits per heavy atom. The van der Waals surface area contributed by atoms with E-state index in [9.17, 15) is 14.4 Å². The minimum Gasteiger partial charge on any atom is -0.315 e. The molecule has 0 fully saturated rings. The van der Waals surface area contributed by atoms with Crippen LogP contribution >= 0.6 is 11.5 Å². The molecular weight excluding hydrogens is 382 g/mol. The Balaban J connectivity index is 1.58. The summed E-state index contributed by atoms with van der Waals surface area (Å²) < 4.78 is 7.89. The van der Waals surface area contributed by atoms with Gasteiger partial charge in [0.1, 0.15) is 6.54 Å². The molecule has 0 aliphatic rings. The monoisotopic (exact) mass is 397 g/mol. The van der Waals surface area contributed by atoms with Crippen molar-refractivity contribution in [1.82, 2.24) is 28.0 Å². The number of anilines is 1. The summed E-state index contributed by atoms with van der Waals surface area (Å²) in [6, 6.07) is 9.42. The maximum Gasteiger partial charge on any atom is 0.332 e. The summed E-state index contributed by atoms with van der Waals surface area (Å²) in [6.45, 7) is -0.149. The Kier molecular flexibility index (Phi) is 4.35. The van der Waals surface area contributed by atoms with Gasteiger partial charge >= 0.3 is 5.69 Å². The number of carbonyl (C=O) groups excluding carboxylic acids is 1. The average Bonchev–Trinajstić information content (AvgIpc) is 3.33. The van der Waals surface area contributed by atoms with Crippen LogP contribution in [-0.2, 0) is 25.4 Å². The van der Waals surface area contributed by atoms with Gasteiger partial charge in [-0.2, -0.15) is 9.36 Å². The number of nitrogens with zero attached hydrogens (tertiary/aromatic N) is 6. The van der Waals surface area contributed by atoms with Crippen LogP contribution in [0.25, 0.3) is 22.6 Å². The zero-order valence-corrected chi connectivity index (χ0v) is 15.8. The third-order valence-corrected chi connectivity index (χ3v) is 4.87. The molecule has 11 heteroatoms. The quantitative estimate of drug-likeness (QED) is 0.539. The number of aryl methyl sites for hydroxylation is 1. The summed E-state index contributed by atoms with van der Waals surface area (Å²) in [5.74, 6) is 0.142. The summed E-state index contributed by atoms with van der Waals surface area (Å²) in [4.78, 5) is 45.2. The van der Waals surface area contributed by atoms with Gasteiger partial charge < -0.3 is 4.57 Å². The van der Waals surface area contributed by atoms with Crippen LogP contribution in [0.5, 0.6) is 0 Å². The van der Waals surface area contributed by atoms with Crippen LogP contribution in [0.4, 0.5) is 5.13 Å². The van der Waals surface area contributed by atoms with Crippen molar-refractivity contribution < 1.29 is 4.79 Å². The Morgan fingerprint density at radius 1 is 1.14 bits per heavy atom. The number of benzene rings is 1. The van der Waals surface area contributed by atoms with E-state index in [4.69, 9.17) is 0 Å². The Morgan fingerprint density at radius 2 is 1.89 bits per heavy atom. The number of nitrogens with one attached hydrogen (secondary N) is 1. The maximum atomic E-state index is 12.4. The molecule has 0 unspecified atom stereocenters. The lowest BCUT2D eigenvalue weighted by atomic mass is 10.2. The lowest BCUT2D eigenvalue weighted by molar-refractivity contribution is -0.116. The summed E-state index contributed by atoms with van der Waals surface area (Å²) >= 11 is 1.07. The molecule has 0 saturated carbocycles. The molecule has 0 atom stereocenters. The first kappa shape index (κ1) is 17.8. The third-order valence-electron chi connectivity index (χ3n) is 4.24. The van der Waals surface area contributed by atoms with Gasteiger partial charge in [0, 0.05) is 31.2 Å². The van der Waals surface area contributed by atoms with Gasteiger partial charge in [-0.05, 0) is 0 Å². The highest BCUT2D eigenvalue weighted by Gasteiger charge is 2.17. The number of hydrogen-bond donors (Lipinski definition) is 1. The van der Waals surface area contributed by atoms with E-state index in [1.165, 1.54) is 29.6 Å². The average molecular weight is 397 g/mol. The first-order chi connectivity index (χ1) is 13.5. The molecule has 4 rings (SSSR count). The molecule has 3 aromatic heterocycles. The van der Waals surface area contributed by atoms with Crippen molar-refractivity contribution in [2.24, 2.45) is 14.1 Å². The molecule has 142 valence electrons. The van der Waals surface area contributed by atoms with E-state index in [-0.39, 0.29) is 23.6 Å². The number of hydrogen-bond acceptors (Lipinski definition) is 7. The van der Waals surface area contributed by atoms with E-state index in [0.29, 0.717) is 11.0 Å². The van der Waals surface area contributed by atoms with Crippen LogP contribution < -0.4 is 16.6 Å². The molecular formula is C17H15N7O3S. The second-order valence-electron chi connectivity index (χ2n) is 6.09. The predicted molar refractivity (Wildman–Crippen MR) is 104 cm³/mol. The standard InChI is InChI=1S/C17H15N7O3S/c1-22-14-12(15(26)23(2)17(22)27)24(9-18-14)8-11(25)19-16-20-13(21-28-16)10-6-4-3-5-7-10/h3-7,9H,8H2,1-2H3,(H,19,20,21,25). The van der Waals surface area contributed by atoms with E-state index >= 15 is 0 Å². The van der Waals surface area contributed by atoms with Crippen LogP contribution in [0.3, 0.4) is 0 Å². The number of rotatable bonds is 4. The van der Waals surface area contributed by atoms with Crippen LogP contribution in [-0.4, -0.2) is 33.9 Å². The first-order valence-corrected chi connectivity index (χ1v) is 9.03. The van der Waals surface area contributed by atoms with E-state index in [2.05, 4.69) is 19.7 Å². The Labute approximate surface area is 161 Å². The van der Waals surface area contributed by atoms with Gasteiger partial charge in [-0.3, -0.25) is 24.0 Å². The zero-order chi connectivity index (χ0) is 19.8. The first-order valence-electron chi connectivity index (χ1n) is 8.25. The van der Waals surface area contributed by atoms with Crippen molar-refractivity contribution in [3.05, 3.63) is 57.5 Å². The normalized spacial score (nSPS) is 11.1. The van der Waals surface area contributed by atoms with Gasteiger partial charge in [0.15, 0.2) is 17.0 Å². The van der Waals surface area contributed by atoms with Crippen molar-refractivity contribution in [2.45, 2.75) is 6.54 Å². The molecule has 28 heavy (non-hydrogen) atoms. The summed E-state index contributed by atoms with van der Waals surface area (Å²) in [5, 5.41) is 3.03. The van der Waals surface area contributed by atoms with E-state index in [0.717, 1.165) is 21.7 Å². The molecule has 0 radical (unpaired) electrons. The van der Waals surface area contributed by atoms with E-state index in [1.807, 2.05) is 30.3 Å². The molecule has 0 saturated heterocycles. The van der Waals surface area contributed by atoms with Gasteiger partial charge in [0.25, 0.3) is 5.56 Å². The summed E-state index contributed by atoms with van der Waals surface area (Å²) in [7, 11) is 2.90. The molecule has 1 amide bonds. The smallest absolute Gasteiger partial charge is 0.315 e. The molecule has 10 nitrogen and oxygen atoms in total. The molecule has 1 aromatic carbocycles. The lowest BCUT2D eigenvalue weighted by Crippen LogP contribution is -2.37. The van der Waals surface area contributed by atoms with Crippen LogP contribution in [0.1, 0.15) is 0 Å². The highest BCUT2D eigenvalue weighted by molar-refractivity contribution is 7.10. The summed E-state index contributed by atoms with van der Waals surface area (Å²) in [5.41, 5.74) is 0.273. The van der Waals surface area contributed by atoms with E-state index in [1.54, 1.807) is 0 Å². The van der Waals surface area contributed by atoms with Crippen molar-refractivity contribution in [3.8, 4) is 11.4 Å². The fourth-order valence-electron chi connectivity index (χ4n) is 2.81. The second-order valence-corrected chi connectivity index (χ2v) is 6.84. The van der Waals surface area contributed by atoms with Crippen molar-refractivity contribution in [2.75, 3.05) is 5.32 Å². The lowest BCUT2D eigenvalue weighted by Gasteiger charge is -2.06. The SMILES string of the molecule is Cn1c(=O)c2c(ncn2CC(=O)Nc2nc(-c3ccccc3)ns2)n(C)c1=O. The summed E-state index contributed by atoms with van der Waals surface area (Å²) in [6.07, 6.45) is 1.36. The highest BCUT2D eigenvalue weighted by Crippen LogP contribution is 2.20. The fraction of sp³-hybridized carbons (Fsp3) is 0.176. The molecule has 0 spiro atoms. The zero-order valence-electron chi connectivity index (χ0n) is 15.0. The van der Waals surface area contributed by atoms with Gasteiger partial charge in [0.2, 0.25) is 11.0 Å². The van der Waals surface area contributed by atoms with Gasteiger partial charge in [-0.25, -0.2) is 9.78 Å². The second kappa shape index (κ2) is 6.85. The van der Waals surface area contributed by atoms with E-state index < -0.39 is 11.2 Å². The van der Waals surface area contributed by atoms with Crippen LogP contribution in [0.15, 0.2) is 46.2 Å².